The Morgan fingerprint density at radius 3 is 2.70 bits per heavy atom. The Balaban J connectivity index is 1.49. The molecule has 1 aromatic rings. The molecule has 2 aliphatic rings. The molecule has 10 heteroatoms. The Morgan fingerprint density at radius 2 is 2.00 bits per heavy atom. The number of aliphatic carboxylic acids is 1. The van der Waals surface area contributed by atoms with Gasteiger partial charge in [-0.3, -0.25) is 4.79 Å². The molecule has 0 radical (unpaired) electrons. The highest BCUT2D eigenvalue weighted by molar-refractivity contribution is 5.66. The van der Waals surface area contributed by atoms with Gasteiger partial charge in [-0.25, -0.2) is 0 Å². The first kappa shape index (κ1) is 25.5. The summed E-state index contributed by atoms with van der Waals surface area (Å²) in [5.41, 5.74) is -0.848. The van der Waals surface area contributed by atoms with Gasteiger partial charge in [-0.05, 0) is 43.4 Å². The summed E-state index contributed by atoms with van der Waals surface area (Å²) in [6.45, 7) is -0.273. The monoisotopic (exact) mass is 474 g/mol. The molecule has 2 fully saturated rings. The average molecular weight is 474 g/mol. The SMILES string of the molecule is O=C(O)CCCC1OC1C[C@@H]1[C@@H](/C=C/[C@@H](O)COc2cccc(C(F)(F)F)c2)[C@H](O)C[C@@H]1O. The lowest BCUT2D eigenvalue weighted by Crippen LogP contribution is -2.23. The van der Waals surface area contributed by atoms with Crippen LogP contribution in [0.4, 0.5) is 13.2 Å². The van der Waals surface area contributed by atoms with E-state index in [2.05, 4.69) is 0 Å². The summed E-state index contributed by atoms with van der Waals surface area (Å²) >= 11 is 0. The third kappa shape index (κ3) is 7.43. The molecule has 33 heavy (non-hydrogen) atoms. The van der Waals surface area contributed by atoms with Crippen molar-refractivity contribution in [2.45, 2.75) is 68.8 Å². The van der Waals surface area contributed by atoms with E-state index in [1.165, 1.54) is 18.2 Å². The van der Waals surface area contributed by atoms with Gasteiger partial charge >= 0.3 is 12.1 Å². The number of aliphatic hydroxyl groups excluding tert-OH is 3. The van der Waals surface area contributed by atoms with Gasteiger partial charge in [0.2, 0.25) is 0 Å². The minimum Gasteiger partial charge on any atom is -0.491 e. The maximum Gasteiger partial charge on any atom is 0.416 e. The molecule has 0 spiro atoms. The van der Waals surface area contributed by atoms with E-state index in [9.17, 15) is 33.3 Å². The number of halogens is 3. The van der Waals surface area contributed by atoms with Crippen LogP contribution in [-0.2, 0) is 15.7 Å². The number of carboxylic acid groups (broad SMARTS) is 1. The van der Waals surface area contributed by atoms with Gasteiger partial charge < -0.3 is 29.9 Å². The molecule has 2 unspecified atom stereocenters. The van der Waals surface area contributed by atoms with Gasteiger partial charge in [-0.2, -0.15) is 13.2 Å². The Kier molecular flexibility index (Phi) is 8.38. The highest BCUT2D eigenvalue weighted by Crippen LogP contribution is 2.42. The fourth-order valence-corrected chi connectivity index (χ4v) is 4.33. The minimum absolute atomic E-state index is 0.0219. The molecule has 0 bridgehead atoms. The Bertz CT molecular complexity index is 829. The van der Waals surface area contributed by atoms with Crippen LogP contribution in [0.1, 0.15) is 37.7 Å². The van der Waals surface area contributed by atoms with E-state index in [1.807, 2.05) is 0 Å². The number of aliphatic hydroxyl groups is 3. The van der Waals surface area contributed by atoms with Crippen LogP contribution in [0, 0.1) is 11.8 Å². The number of rotatable bonds is 11. The summed E-state index contributed by atoms with van der Waals surface area (Å²) < 4.78 is 49.2. The van der Waals surface area contributed by atoms with Gasteiger partial charge in [0.05, 0.1) is 30.0 Å². The first-order chi connectivity index (χ1) is 15.5. The number of alkyl halides is 3. The molecule has 1 aliphatic heterocycles. The fraction of sp³-hybridized carbons (Fsp3) is 0.609. The second-order valence-corrected chi connectivity index (χ2v) is 8.64. The van der Waals surface area contributed by atoms with Crippen molar-refractivity contribution < 1.29 is 47.9 Å². The van der Waals surface area contributed by atoms with Crippen LogP contribution in [0.15, 0.2) is 36.4 Å². The van der Waals surface area contributed by atoms with Crippen molar-refractivity contribution in [1.29, 1.82) is 0 Å². The summed E-state index contributed by atoms with van der Waals surface area (Å²) in [7, 11) is 0. The Hall–Kier alpha value is -2.14. The molecular weight excluding hydrogens is 445 g/mol. The molecule has 1 saturated carbocycles. The lowest BCUT2D eigenvalue weighted by atomic mass is 9.88. The fourth-order valence-electron chi connectivity index (χ4n) is 4.33. The smallest absolute Gasteiger partial charge is 0.416 e. The van der Waals surface area contributed by atoms with E-state index >= 15 is 0 Å². The molecule has 3 rings (SSSR count). The number of hydrogen-bond donors (Lipinski definition) is 4. The van der Waals surface area contributed by atoms with Crippen molar-refractivity contribution in [3.63, 3.8) is 0 Å². The van der Waals surface area contributed by atoms with Crippen molar-refractivity contribution >= 4 is 5.97 Å². The van der Waals surface area contributed by atoms with Gasteiger partial charge in [-0.1, -0.05) is 18.2 Å². The lowest BCUT2D eigenvalue weighted by Gasteiger charge is -2.20. The third-order valence-electron chi connectivity index (χ3n) is 6.12. The number of hydrogen-bond acceptors (Lipinski definition) is 6. The van der Waals surface area contributed by atoms with E-state index in [4.69, 9.17) is 14.6 Å². The molecule has 184 valence electrons. The van der Waals surface area contributed by atoms with Gasteiger partial charge in [0.25, 0.3) is 0 Å². The third-order valence-corrected chi connectivity index (χ3v) is 6.12. The first-order valence-electron chi connectivity index (χ1n) is 10.9. The van der Waals surface area contributed by atoms with Crippen LogP contribution < -0.4 is 4.74 Å². The van der Waals surface area contributed by atoms with Gasteiger partial charge in [-0.15, -0.1) is 0 Å². The normalized spacial score (nSPS) is 30.5. The van der Waals surface area contributed by atoms with E-state index in [-0.39, 0.29) is 43.3 Å². The molecule has 0 aromatic heterocycles. The quantitative estimate of drug-likeness (QED) is 0.288. The van der Waals surface area contributed by atoms with Crippen LogP contribution in [0.3, 0.4) is 0 Å². The van der Waals surface area contributed by atoms with E-state index in [0.29, 0.717) is 19.3 Å². The Labute approximate surface area is 189 Å². The highest BCUT2D eigenvalue weighted by Gasteiger charge is 2.47. The molecule has 1 aliphatic carbocycles. The minimum atomic E-state index is -4.49. The van der Waals surface area contributed by atoms with Crippen molar-refractivity contribution in [3.05, 3.63) is 42.0 Å². The van der Waals surface area contributed by atoms with Crippen molar-refractivity contribution in [2.24, 2.45) is 11.8 Å². The summed E-state index contributed by atoms with van der Waals surface area (Å²) in [6.07, 6.45) is -2.41. The molecule has 4 N–H and O–H groups in total. The van der Waals surface area contributed by atoms with Crippen LogP contribution in [0.2, 0.25) is 0 Å². The first-order valence-corrected chi connectivity index (χ1v) is 10.9. The number of carbonyl (C=O) groups is 1. The summed E-state index contributed by atoms with van der Waals surface area (Å²) in [5, 5.41) is 39.5. The van der Waals surface area contributed by atoms with Crippen LogP contribution in [0.25, 0.3) is 0 Å². The number of carboxylic acids is 1. The van der Waals surface area contributed by atoms with Gasteiger partial charge in [0.1, 0.15) is 18.5 Å². The zero-order valence-corrected chi connectivity index (χ0v) is 17.9. The zero-order chi connectivity index (χ0) is 24.2. The number of epoxide rings is 1. The maximum atomic E-state index is 12.8. The Morgan fingerprint density at radius 1 is 1.24 bits per heavy atom. The lowest BCUT2D eigenvalue weighted by molar-refractivity contribution is -0.138. The molecule has 7 atom stereocenters. The molecular formula is C23H29F3O7. The molecule has 1 heterocycles. The van der Waals surface area contributed by atoms with Crippen LogP contribution in [-0.4, -0.2) is 63.5 Å². The van der Waals surface area contributed by atoms with Gasteiger partial charge in [0.15, 0.2) is 0 Å². The predicted molar refractivity (Wildman–Crippen MR) is 110 cm³/mol. The second-order valence-electron chi connectivity index (χ2n) is 8.64. The topological polar surface area (TPSA) is 120 Å². The zero-order valence-electron chi connectivity index (χ0n) is 17.9. The molecule has 0 amide bonds. The summed E-state index contributed by atoms with van der Waals surface area (Å²) in [5.74, 6) is -1.59. The second kappa shape index (κ2) is 10.9. The van der Waals surface area contributed by atoms with E-state index in [1.54, 1.807) is 6.08 Å². The van der Waals surface area contributed by atoms with Gasteiger partial charge in [0, 0.05) is 18.8 Å². The predicted octanol–water partition coefficient (Wildman–Crippen LogP) is 2.77. The van der Waals surface area contributed by atoms with Crippen LogP contribution in [0.5, 0.6) is 5.75 Å². The van der Waals surface area contributed by atoms with E-state index < -0.39 is 41.9 Å². The molecule has 7 nitrogen and oxygen atoms in total. The highest BCUT2D eigenvalue weighted by atomic mass is 19.4. The largest absolute Gasteiger partial charge is 0.491 e. The number of ether oxygens (including phenoxy) is 2. The molecule has 1 aromatic carbocycles. The molecule has 1 saturated heterocycles. The van der Waals surface area contributed by atoms with E-state index in [0.717, 1.165) is 12.1 Å². The summed E-state index contributed by atoms with van der Waals surface area (Å²) in [4.78, 5) is 10.6. The standard InChI is InChI=1S/C23H29F3O7/c24-23(25,26)13-3-1-4-15(9-13)32-12-14(27)7-8-16-17(19(29)11-18(16)28)10-21-20(33-21)5-2-6-22(30)31/h1,3-4,7-9,14,16-21,27-29H,2,5-6,10-12H2,(H,30,31)/b8-7+/t14-,16-,17-,18-,19+,20?,21?/m1/s1. The van der Waals surface area contributed by atoms with Crippen molar-refractivity contribution in [2.75, 3.05) is 6.61 Å². The van der Waals surface area contributed by atoms with Crippen LogP contribution >= 0.6 is 0 Å². The maximum absolute atomic E-state index is 12.8. The van der Waals surface area contributed by atoms with Crippen molar-refractivity contribution in [1.82, 2.24) is 0 Å². The average Bonchev–Trinajstić information content (AvgIpc) is 3.42. The van der Waals surface area contributed by atoms with Crippen molar-refractivity contribution in [3.8, 4) is 5.75 Å². The number of benzene rings is 1. The summed E-state index contributed by atoms with van der Waals surface area (Å²) in [6, 6.07) is 4.36.